The van der Waals surface area contributed by atoms with E-state index in [2.05, 4.69) is 20.6 Å². The lowest BCUT2D eigenvalue weighted by Gasteiger charge is -2.34. The predicted octanol–water partition coefficient (Wildman–Crippen LogP) is 5.30. The molecule has 0 saturated carbocycles. The van der Waals surface area contributed by atoms with Crippen LogP contribution in [0.25, 0.3) is 23.0 Å². The summed E-state index contributed by atoms with van der Waals surface area (Å²) in [6.07, 6.45) is 9.07. The van der Waals surface area contributed by atoms with E-state index in [1.165, 1.54) is 0 Å². The number of aromatic nitrogens is 6. The molecule has 0 aliphatic heterocycles. The van der Waals surface area contributed by atoms with Gasteiger partial charge in [-0.15, -0.1) is 0 Å². The summed E-state index contributed by atoms with van der Waals surface area (Å²) >= 11 is 0. The molecule has 4 aromatic heterocycles. The molecular formula is C44H62N10O4. The van der Waals surface area contributed by atoms with Crippen molar-refractivity contribution in [2.24, 2.45) is 0 Å². The number of aliphatic hydroxyl groups excluding tert-OH is 1. The van der Waals surface area contributed by atoms with Crippen LogP contribution < -0.4 is 20.4 Å². The lowest BCUT2D eigenvalue weighted by molar-refractivity contribution is -0.127. The summed E-state index contributed by atoms with van der Waals surface area (Å²) in [5.74, 6) is 2.32. The highest BCUT2D eigenvalue weighted by Crippen LogP contribution is 2.33. The van der Waals surface area contributed by atoms with Gasteiger partial charge in [0, 0.05) is 60.1 Å². The molecule has 0 aromatic carbocycles. The summed E-state index contributed by atoms with van der Waals surface area (Å²) in [6, 6.07) is 10.1. The molecule has 2 aliphatic carbocycles. The first-order valence-corrected chi connectivity index (χ1v) is 20.2. The maximum absolute atomic E-state index is 13.3. The van der Waals surface area contributed by atoms with Crippen LogP contribution in [0.2, 0.25) is 0 Å². The van der Waals surface area contributed by atoms with Crippen LogP contribution in [-0.2, 0) is 40.0 Å². The Morgan fingerprint density at radius 1 is 0.672 bits per heavy atom. The van der Waals surface area contributed by atoms with Crippen LogP contribution in [0.5, 0.6) is 0 Å². The third kappa shape index (κ3) is 11.5. The summed E-state index contributed by atoms with van der Waals surface area (Å²) in [5, 5.41) is 15.9. The van der Waals surface area contributed by atoms with Crippen LogP contribution in [0.4, 0.5) is 11.6 Å². The molecule has 4 aromatic rings. The van der Waals surface area contributed by atoms with Crippen LogP contribution in [0.3, 0.4) is 0 Å². The van der Waals surface area contributed by atoms with Gasteiger partial charge in [-0.05, 0) is 125 Å². The largest absolute Gasteiger partial charge is 0.394 e. The quantitative estimate of drug-likeness (QED) is 0.179. The van der Waals surface area contributed by atoms with Crippen molar-refractivity contribution < 1.29 is 19.4 Å². The van der Waals surface area contributed by atoms with E-state index in [-0.39, 0.29) is 41.7 Å². The molecule has 0 spiro atoms. The molecule has 0 bridgehead atoms. The normalized spacial score (nSPS) is 14.7. The van der Waals surface area contributed by atoms with Crippen LogP contribution >= 0.6 is 0 Å². The molecule has 312 valence electrons. The second-order valence-electron chi connectivity index (χ2n) is 18.1. The Balaban J connectivity index is 0.000000223. The van der Waals surface area contributed by atoms with Gasteiger partial charge < -0.3 is 30.3 Å². The highest BCUT2D eigenvalue weighted by molar-refractivity contribution is 5.86. The summed E-state index contributed by atoms with van der Waals surface area (Å²) in [7, 11) is 3.72. The van der Waals surface area contributed by atoms with Crippen LogP contribution in [-0.4, -0.2) is 103 Å². The van der Waals surface area contributed by atoms with Crippen molar-refractivity contribution in [1.82, 2.24) is 40.5 Å². The Morgan fingerprint density at radius 2 is 1.10 bits per heavy atom. The number of nitrogens with one attached hydrogen (secondary N) is 2. The average molecular weight is 795 g/mol. The number of rotatable bonds is 11. The minimum Gasteiger partial charge on any atom is -0.394 e. The third-order valence-corrected chi connectivity index (χ3v) is 9.66. The van der Waals surface area contributed by atoms with E-state index in [1.54, 1.807) is 24.3 Å². The molecule has 14 nitrogen and oxygen atoms in total. The van der Waals surface area contributed by atoms with Gasteiger partial charge >= 0.3 is 0 Å². The number of pyridine rings is 2. The molecule has 0 unspecified atom stereocenters. The fourth-order valence-electron chi connectivity index (χ4n) is 6.90. The Morgan fingerprint density at radius 3 is 1.48 bits per heavy atom. The van der Waals surface area contributed by atoms with Crippen LogP contribution in [0.1, 0.15) is 97.7 Å². The number of aryl methyl sites for hydroxylation is 2. The number of hydrogen-bond acceptors (Lipinski definition) is 12. The number of nitrogens with zero attached hydrogens (tertiary/aromatic N) is 8. The van der Waals surface area contributed by atoms with Gasteiger partial charge in [0.25, 0.3) is 0 Å². The minimum atomic E-state index is -0.722. The summed E-state index contributed by atoms with van der Waals surface area (Å²) in [4.78, 5) is 57.5. The summed E-state index contributed by atoms with van der Waals surface area (Å²) < 4.78 is 6.05. The zero-order valence-electron chi connectivity index (χ0n) is 36.2. The van der Waals surface area contributed by atoms with E-state index >= 15 is 0 Å². The molecular weight excluding hydrogens is 733 g/mol. The van der Waals surface area contributed by atoms with Gasteiger partial charge in [-0.25, -0.2) is 19.9 Å². The SMILES string of the molecule is CN(c1nc(-c2ccccn2)nc2c1CCC2)[C@H](CO)C(=O)NC(C)(C)C.CN(c1nc(-c2ccccn2)nc2c1CCC2)[C@H](COC(C)(C)C)C(=O)NC(C)(C)C. The van der Waals surface area contributed by atoms with Gasteiger partial charge in [-0.2, -0.15) is 0 Å². The van der Waals surface area contributed by atoms with Crippen molar-refractivity contribution in [3.05, 3.63) is 71.3 Å². The van der Waals surface area contributed by atoms with E-state index in [1.807, 2.05) is 111 Å². The lowest BCUT2D eigenvalue weighted by atomic mass is 10.1. The van der Waals surface area contributed by atoms with Crippen molar-refractivity contribution >= 4 is 23.5 Å². The zero-order valence-corrected chi connectivity index (χ0v) is 36.2. The Labute approximate surface area is 343 Å². The number of hydrogen-bond donors (Lipinski definition) is 3. The standard InChI is InChI=1S/C24H35N5O2.C20H27N5O2/c1-23(2,3)28-22(30)19(15-31-24(4,5)6)29(7)21-16-11-10-13-17(16)26-20(27-21)18-12-8-9-14-25-18;1-20(2,3)24-19(27)16(12-26)25(4)18-13-8-7-10-14(13)22-17(23-18)15-9-5-6-11-21-15/h8-9,12,14,19H,10-11,13,15H2,1-7H3,(H,28,30);5-6,9,11,16,26H,7-8,10,12H2,1-4H3,(H,24,27)/t19-;16-/m11/s1. The summed E-state index contributed by atoms with van der Waals surface area (Å²) in [5.41, 5.74) is 4.57. The highest BCUT2D eigenvalue weighted by Gasteiger charge is 2.33. The van der Waals surface area contributed by atoms with Gasteiger partial charge in [-0.1, -0.05) is 12.1 Å². The molecule has 58 heavy (non-hydrogen) atoms. The molecule has 0 fully saturated rings. The maximum atomic E-state index is 13.3. The molecule has 2 amide bonds. The van der Waals surface area contributed by atoms with Gasteiger partial charge in [0.15, 0.2) is 11.6 Å². The molecule has 2 aliphatic rings. The topological polar surface area (TPSA) is 171 Å². The minimum absolute atomic E-state index is 0.0796. The first-order chi connectivity index (χ1) is 27.2. The number of aliphatic hydroxyl groups is 1. The fraction of sp³-hybridized carbons (Fsp3) is 0.545. The lowest BCUT2D eigenvalue weighted by Crippen LogP contribution is -2.54. The number of amides is 2. The monoisotopic (exact) mass is 794 g/mol. The van der Waals surface area contributed by atoms with Crippen molar-refractivity contribution in [1.29, 1.82) is 0 Å². The van der Waals surface area contributed by atoms with E-state index in [4.69, 9.17) is 24.7 Å². The van der Waals surface area contributed by atoms with Crippen molar-refractivity contribution in [2.75, 3.05) is 37.1 Å². The van der Waals surface area contributed by atoms with Crippen LogP contribution in [0, 0.1) is 0 Å². The Hall–Kier alpha value is -5.08. The number of anilines is 2. The highest BCUT2D eigenvalue weighted by atomic mass is 16.5. The molecule has 4 heterocycles. The van der Waals surface area contributed by atoms with E-state index in [9.17, 15) is 14.7 Å². The fourth-order valence-corrected chi connectivity index (χ4v) is 6.90. The Kier molecular flexibility index (Phi) is 13.8. The molecule has 0 radical (unpaired) electrons. The Bertz CT molecular complexity index is 2020. The first-order valence-electron chi connectivity index (χ1n) is 20.2. The van der Waals surface area contributed by atoms with Crippen LogP contribution in [0.15, 0.2) is 48.8 Å². The van der Waals surface area contributed by atoms with Crippen molar-refractivity contribution in [3.63, 3.8) is 0 Å². The average Bonchev–Trinajstić information content (AvgIpc) is 3.83. The maximum Gasteiger partial charge on any atom is 0.245 e. The smallest absolute Gasteiger partial charge is 0.245 e. The number of likely N-dealkylation sites (N-methyl/N-ethyl adjacent to an activating group) is 2. The zero-order chi connectivity index (χ0) is 42.4. The third-order valence-electron chi connectivity index (χ3n) is 9.66. The molecule has 6 rings (SSSR count). The van der Waals surface area contributed by atoms with Gasteiger partial charge in [0.1, 0.15) is 35.1 Å². The number of carbonyl (C=O) groups excluding carboxylic acids is 2. The summed E-state index contributed by atoms with van der Waals surface area (Å²) in [6.45, 7) is 17.6. The second-order valence-corrected chi connectivity index (χ2v) is 18.1. The molecule has 14 heteroatoms. The first kappa shape index (κ1) is 44.0. The van der Waals surface area contributed by atoms with E-state index in [0.717, 1.165) is 72.6 Å². The van der Waals surface area contributed by atoms with Gasteiger partial charge in [-0.3, -0.25) is 19.6 Å². The van der Waals surface area contributed by atoms with Crippen molar-refractivity contribution in [2.45, 2.75) is 130 Å². The van der Waals surface area contributed by atoms with E-state index in [0.29, 0.717) is 23.2 Å². The van der Waals surface area contributed by atoms with Gasteiger partial charge in [0.2, 0.25) is 11.8 Å². The number of carbonyl (C=O) groups is 2. The predicted molar refractivity (Wildman–Crippen MR) is 228 cm³/mol. The second kappa shape index (κ2) is 18.2. The number of fused-ring (bicyclic) bond motifs is 2. The van der Waals surface area contributed by atoms with Gasteiger partial charge in [0.05, 0.1) is 18.8 Å². The molecule has 2 atom stereocenters. The van der Waals surface area contributed by atoms with E-state index < -0.39 is 12.1 Å². The number of ether oxygens (including phenoxy) is 1. The molecule has 3 N–H and O–H groups in total. The molecule has 0 saturated heterocycles. The van der Waals surface area contributed by atoms with Crippen molar-refractivity contribution in [3.8, 4) is 23.0 Å².